The minimum Gasteiger partial charge on any atom is -0.335 e. The summed E-state index contributed by atoms with van der Waals surface area (Å²) in [4.78, 5) is 19.6. The number of nitrogens with one attached hydrogen (secondary N) is 2. The number of piperidine rings is 2. The lowest BCUT2D eigenvalue weighted by Crippen LogP contribution is -2.56. The second-order valence-corrected chi connectivity index (χ2v) is 8.69. The Kier molecular flexibility index (Phi) is 4.52. The van der Waals surface area contributed by atoms with E-state index in [0.29, 0.717) is 24.0 Å². The molecular formula is C18H28N4OS. The van der Waals surface area contributed by atoms with E-state index >= 15 is 0 Å². The van der Waals surface area contributed by atoms with Crippen LogP contribution in [0.15, 0.2) is 5.38 Å². The van der Waals surface area contributed by atoms with Crippen molar-refractivity contribution < 1.29 is 4.79 Å². The van der Waals surface area contributed by atoms with Crippen molar-refractivity contribution >= 4 is 17.4 Å². The van der Waals surface area contributed by atoms with Crippen LogP contribution in [0.25, 0.3) is 0 Å². The SMILES string of the molecule is C[C@@H](NC(=O)NC1C[C@H]2CCC[C@@H](C1)N2C)c1csc(C2CC2)n1. The fourth-order valence-electron chi connectivity index (χ4n) is 4.25. The van der Waals surface area contributed by atoms with Crippen LogP contribution in [-0.4, -0.2) is 41.1 Å². The Morgan fingerprint density at radius 2 is 2.00 bits per heavy atom. The van der Waals surface area contributed by atoms with Crippen molar-refractivity contribution in [2.24, 2.45) is 0 Å². The van der Waals surface area contributed by atoms with Gasteiger partial charge in [0.2, 0.25) is 0 Å². The van der Waals surface area contributed by atoms with E-state index in [4.69, 9.17) is 4.98 Å². The summed E-state index contributed by atoms with van der Waals surface area (Å²) in [5, 5.41) is 9.62. The number of aromatic nitrogens is 1. The molecule has 0 radical (unpaired) electrons. The molecule has 3 aliphatic rings. The van der Waals surface area contributed by atoms with E-state index in [1.807, 2.05) is 6.92 Å². The average Bonchev–Trinajstić information content (AvgIpc) is 3.25. The third kappa shape index (κ3) is 3.45. The summed E-state index contributed by atoms with van der Waals surface area (Å²) in [5.74, 6) is 0.684. The molecule has 1 aliphatic carbocycles. The zero-order valence-corrected chi connectivity index (χ0v) is 15.4. The number of carbonyl (C=O) groups is 1. The summed E-state index contributed by atoms with van der Waals surface area (Å²) in [6, 6.07) is 1.51. The van der Waals surface area contributed by atoms with Crippen molar-refractivity contribution in [3.8, 4) is 0 Å². The number of urea groups is 1. The predicted octanol–water partition coefficient (Wildman–Crippen LogP) is 3.40. The Balaban J connectivity index is 1.29. The topological polar surface area (TPSA) is 57.3 Å². The Labute approximate surface area is 148 Å². The number of hydrogen-bond acceptors (Lipinski definition) is 4. The molecule has 1 aromatic heterocycles. The molecule has 2 aliphatic heterocycles. The molecule has 2 bridgehead atoms. The van der Waals surface area contributed by atoms with Crippen molar-refractivity contribution in [1.82, 2.24) is 20.5 Å². The molecule has 0 aromatic carbocycles. The Hall–Kier alpha value is -1.14. The van der Waals surface area contributed by atoms with Crippen LogP contribution in [0.3, 0.4) is 0 Å². The quantitative estimate of drug-likeness (QED) is 0.877. The van der Waals surface area contributed by atoms with Crippen LogP contribution in [0.1, 0.15) is 74.5 Å². The molecular weight excluding hydrogens is 320 g/mol. The van der Waals surface area contributed by atoms with Gasteiger partial charge in [0.05, 0.1) is 16.7 Å². The molecule has 6 heteroatoms. The maximum atomic E-state index is 12.4. The molecule has 4 rings (SSSR count). The first-order chi connectivity index (χ1) is 11.6. The second kappa shape index (κ2) is 6.64. The lowest BCUT2D eigenvalue weighted by atomic mass is 9.82. The number of fused-ring (bicyclic) bond motifs is 2. The summed E-state index contributed by atoms with van der Waals surface area (Å²) < 4.78 is 0. The molecule has 5 nitrogen and oxygen atoms in total. The largest absolute Gasteiger partial charge is 0.335 e. The zero-order chi connectivity index (χ0) is 16.7. The van der Waals surface area contributed by atoms with Gasteiger partial charge in [0.25, 0.3) is 0 Å². The second-order valence-electron chi connectivity index (χ2n) is 7.80. The standard InChI is InChI=1S/C18H28N4OS/c1-11(16-10-24-17(21-16)12-6-7-12)19-18(23)20-13-8-14-4-3-5-15(9-13)22(14)2/h10-15H,3-9H2,1-2H3,(H2,19,20,23)/t11-,13?,14-,15+/m1/s1. The summed E-state index contributed by atoms with van der Waals surface area (Å²) in [6.07, 6.45) is 8.58. The molecule has 132 valence electrons. The molecule has 1 aromatic rings. The van der Waals surface area contributed by atoms with E-state index in [1.54, 1.807) is 11.3 Å². The normalized spacial score (nSPS) is 31.5. The fraction of sp³-hybridized carbons (Fsp3) is 0.778. The Morgan fingerprint density at radius 1 is 1.29 bits per heavy atom. The molecule has 3 fully saturated rings. The first-order valence-electron chi connectivity index (χ1n) is 9.34. The molecule has 0 spiro atoms. The van der Waals surface area contributed by atoms with E-state index in [-0.39, 0.29) is 12.1 Å². The number of rotatable bonds is 4. The van der Waals surface area contributed by atoms with E-state index in [1.165, 1.54) is 37.1 Å². The number of carbonyl (C=O) groups excluding carboxylic acids is 1. The van der Waals surface area contributed by atoms with Gasteiger partial charge in [-0.1, -0.05) is 6.42 Å². The van der Waals surface area contributed by atoms with Gasteiger partial charge < -0.3 is 15.5 Å². The minimum absolute atomic E-state index is 0.0282. The van der Waals surface area contributed by atoms with Crippen LogP contribution >= 0.6 is 11.3 Å². The van der Waals surface area contributed by atoms with Gasteiger partial charge in [0.15, 0.2) is 0 Å². The first kappa shape index (κ1) is 16.3. The molecule has 4 atom stereocenters. The van der Waals surface area contributed by atoms with Gasteiger partial charge in [0.1, 0.15) is 0 Å². The number of thiazole rings is 1. The number of hydrogen-bond donors (Lipinski definition) is 2. The summed E-state index contributed by atoms with van der Waals surface area (Å²) >= 11 is 1.73. The van der Waals surface area contributed by atoms with Crippen LogP contribution in [-0.2, 0) is 0 Å². The van der Waals surface area contributed by atoms with Gasteiger partial charge in [-0.2, -0.15) is 0 Å². The highest BCUT2D eigenvalue weighted by atomic mass is 32.1. The molecule has 3 heterocycles. The molecule has 2 amide bonds. The van der Waals surface area contributed by atoms with E-state index in [2.05, 4.69) is 28.0 Å². The Bertz CT molecular complexity index is 586. The smallest absolute Gasteiger partial charge is 0.315 e. The van der Waals surface area contributed by atoms with Crippen LogP contribution in [0.5, 0.6) is 0 Å². The van der Waals surface area contributed by atoms with Gasteiger partial charge >= 0.3 is 6.03 Å². The predicted molar refractivity (Wildman–Crippen MR) is 96.4 cm³/mol. The summed E-state index contributed by atoms with van der Waals surface area (Å²) in [5.41, 5.74) is 0.997. The lowest BCUT2D eigenvalue weighted by molar-refractivity contribution is 0.0508. The molecule has 24 heavy (non-hydrogen) atoms. The number of amides is 2. The van der Waals surface area contributed by atoms with Crippen LogP contribution in [0, 0.1) is 0 Å². The van der Waals surface area contributed by atoms with Crippen molar-refractivity contribution in [3.63, 3.8) is 0 Å². The number of nitrogens with zero attached hydrogens (tertiary/aromatic N) is 2. The van der Waals surface area contributed by atoms with Crippen molar-refractivity contribution in [2.45, 2.75) is 82.0 Å². The van der Waals surface area contributed by atoms with Crippen LogP contribution < -0.4 is 10.6 Å². The van der Waals surface area contributed by atoms with E-state index < -0.39 is 0 Å². The highest BCUT2D eigenvalue weighted by molar-refractivity contribution is 7.09. The van der Waals surface area contributed by atoms with E-state index in [9.17, 15) is 4.79 Å². The maximum absolute atomic E-state index is 12.4. The van der Waals surface area contributed by atoms with Gasteiger partial charge in [-0.3, -0.25) is 0 Å². The molecule has 2 N–H and O–H groups in total. The monoisotopic (exact) mass is 348 g/mol. The van der Waals surface area contributed by atoms with Crippen molar-refractivity contribution in [3.05, 3.63) is 16.1 Å². The van der Waals surface area contributed by atoms with Gasteiger partial charge in [0, 0.05) is 29.4 Å². The van der Waals surface area contributed by atoms with Gasteiger partial charge in [-0.25, -0.2) is 9.78 Å². The first-order valence-corrected chi connectivity index (χ1v) is 10.2. The highest BCUT2D eigenvalue weighted by Gasteiger charge is 2.36. The summed E-state index contributed by atoms with van der Waals surface area (Å²) in [7, 11) is 2.24. The summed E-state index contributed by atoms with van der Waals surface area (Å²) in [6.45, 7) is 2.02. The van der Waals surface area contributed by atoms with Crippen LogP contribution in [0.4, 0.5) is 4.79 Å². The lowest BCUT2D eigenvalue weighted by Gasteiger charge is -2.47. The molecule has 1 saturated carbocycles. The zero-order valence-electron chi connectivity index (χ0n) is 14.6. The average molecular weight is 349 g/mol. The molecule has 2 saturated heterocycles. The Morgan fingerprint density at radius 3 is 2.67 bits per heavy atom. The fourth-order valence-corrected chi connectivity index (χ4v) is 5.33. The highest BCUT2D eigenvalue weighted by Crippen LogP contribution is 2.41. The third-order valence-electron chi connectivity index (χ3n) is 5.93. The van der Waals surface area contributed by atoms with Crippen LogP contribution in [0.2, 0.25) is 0 Å². The van der Waals surface area contributed by atoms with Crippen molar-refractivity contribution in [2.75, 3.05) is 7.05 Å². The van der Waals surface area contributed by atoms with Crippen molar-refractivity contribution in [1.29, 1.82) is 0 Å². The minimum atomic E-state index is -0.0453. The van der Waals surface area contributed by atoms with Gasteiger partial charge in [-0.15, -0.1) is 11.3 Å². The van der Waals surface area contributed by atoms with Gasteiger partial charge in [-0.05, 0) is 52.5 Å². The maximum Gasteiger partial charge on any atom is 0.315 e. The third-order valence-corrected chi connectivity index (χ3v) is 6.96. The van der Waals surface area contributed by atoms with E-state index in [0.717, 1.165) is 18.5 Å². The molecule has 1 unspecified atom stereocenters.